The van der Waals surface area contributed by atoms with Gasteiger partial charge < -0.3 is 9.84 Å². The van der Waals surface area contributed by atoms with Crippen molar-refractivity contribution in [1.29, 1.82) is 0 Å². The molecule has 8 atom stereocenters. The van der Waals surface area contributed by atoms with Gasteiger partial charge >= 0.3 is 0 Å². The van der Waals surface area contributed by atoms with E-state index in [0.29, 0.717) is 18.3 Å². The van der Waals surface area contributed by atoms with Gasteiger partial charge in [-0.3, -0.25) is 9.59 Å². The predicted octanol–water partition coefficient (Wildman–Crippen LogP) is 2.99. The topological polar surface area (TPSA) is 66.9 Å². The van der Waals surface area contributed by atoms with Crippen molar-refractivity contribution < 1.29 is 19.4 Å². The average molecular weight is 356 g/mol. The number of hydrogen-bond acceptors (Lipinski definition) is 4. The number of carbonyl (C=O) groups excluding carboxylic acids is 2. The molecular formula is C22H28O4. The summed E-state index contributed by atoms with van der Waals surface area (Å²) in [5.74, 6) is 0.873. The van der Waals surface area contributed by atoms with Crippen molar-refractivity contribution in [3.05, 3.63) is 23.8 Å². The molecule has 140 valence electrons. The van der Waals surface area contributed by atoms with E-state index in [9.17, 15) is 14.7 Å². The molecule has 26 heavy (non-hydrogen) atoms. The number of epoxide rings is 1. The first-order chi connectivity index (χ1) is 12.1. The fourth-order valence-corrected chi connectivity index (χ4v) is 7.62. The van der Waals surface area contributed by atoms with Crippen LogP contribution in [-0.4, -0.2) is 34.0 Å². The Kier molecular flexibility index (Phi) is 2.98. The SMILES string of the molecule is CC(=O)[C@@]1(O)CCC2C3C[C@H](C)C4=CC(=O)C=C[C@]4(C)C34OC4C[C@@]21C. The monoisotopic (exact) mass is 356 g/mol. The Morgan fingerprint density at radius 3 is 2.73 bits per heavy atom. The molecule has 0 aromatic rings. The fourth-order valence-electron chi connectivity index (χ4n) is 7.62. The van der Waals surface area contributed by atoms with Crippen LogP contribution in [0.5, 0.6) is 0 Å². The third-order valence-electron chi connectivity index (χ3n) is 9.00. The largest absolute Gasteiger partial charge is 0.382 e. The molecule has 1 N–H and O–H groups in total. The molecule has 0 aromatic heterocycles. The van der Waals surface area contributed by atoms with Crippen LogP contribution in [0.4, 0.5) is 0 Å². The number of fused-ring (bicyclic) bond motifs is 3. The first-order valence-corrected chi connectivity index (χ1v) is 9.97. The Morgan fingerprint density at radius 2 is 2.04 bits per heavy atom. The minimum absolute atomic E-state index is 0.0523. The number of hydrogen-bond donors (Lipinski definition) is 1. The van der Waals surface area contributed by atoms with Gasteiger partial charge in [-0.15, -0.1) is 0 Å². The van der Waals surface area contributed by atoms with E-state index in [1.807, 2.05) is 6.08 Å². The Labute approximate surface area is 154 Å². The number of allylic oxidation sites excluding steroid dienone is 2. The summed E-state index contributed by atoms with van der Waals surface area (Å²) in [6.07, 6.45) is 8.77. The predicted molar refractivity (Wildman–Crippen MR) is 96.3 cm³/mol. The van der Waals surface area contributed by atoms with E-state index in [-0.39, 0.29) is 34.6 Å². The highest BCUT2D eigenvalue weighted by Crippen LogP contribution is 2.76. The highest BCUT2D eigenvalue weighted by atomic mass is 16.6. The second-order valence-corrected chi connectivity index (χ2v) is 9.86. The van der Waals surface area contributed by atoms with Gasteiger partial charge in [-0.2, -0.15) is 0 Å². The molecule has 3 saturated carbocycles. The van der Waals surface area contributed by atoms with E-state index in [0.717, 1.165) is 19.3 Å². The molecule has 1 heterocycles. The minimum atomic E-state index is -1.23. The summed E-state index contributed by atoms with van der Waals surface area (Å²) in [5, 5.41) is 11.3. The van der Waals surface area contributed by atoms with Gasteiger partial charge in [0, 0.05) is 10.8 Å². The molecule has 0 amide bonds. The van der Waals surface area contributed by atoms with Crippen LogP contribution in [0, 0.1) is 28.6 Å². The smallest absolute Gasteiger partial charge is 0.178 e. The van der Waals surface area contributed by atoms with Gasteiger partial charge in [0.15, 0.2) is 11.6 Å². The first-order valence-electron chi connectivity index (χ1n) is 9.97. The summed E-state index contributed by atoms with van der Waals surface area (Å²) in [6, 6.07) is 0. The molecule has 5 aliphatic rings. The van der Waals surface area contributed by atoms with E-state index in [4.69, 9.17) is 4.74 Å². The third-order valence-corrected chi connectivity index (χ3v) is 9.00. The van der Waals surface area contributed by atoms with E-state index < -0.39 is 11.0 Å². The standard InChI is InChI=1S/C22H28O4/c1-12-9-17-15-6-8-21(25,13(2)23)20(15,4)11-18-22(17,26-18)19(3)7-5-14(24)10-16(12)19/h5,7,10,12,15,17-18,25H,6,8-9,11H2,1-4H3/t12-,15?,17?,18?,19-,20-,21-,22?/m0/s1. The zero-order valence-corrected chi connectivity index (χ0v) is 16.0. The van der Waals surface area contributed by atoms with E-state index in [1.54, 1.807) is 6.08 Å². The maximum Gasteiger partial charge on any atom is 0.178 e. The molecule has 4 aliphatic carbocycles. The fraction of sp³-hybridized carbons (Fsp3) is 0.727. The van der Waals surface area contributed by atoms with Crippen LogP contribution in [0.3, 0.4) is 0 Å². The average Bonchev–Trinajstić information content (AvgIpc) is 3.23. The summed E-state index contributed by atoms with van der Waals surface area (Å²) in [4.78, 5) is 24.4. The van der Waals surface area contributed by atoms with E-state index in [2.05, 4.69) is 26.8 Å². The van der Waals surface area contributed by atoms with Crippen molar-refractivity contribution in [2.45, 2.75) is 70.7 Å². The van der Waals surface area contributed by atoms with Gasteiger partial charge in [0.25, 0.3) is 0 Å². The van der Waals surface area contributed by atoms with Gasteiger partial charge in [0.1, 0.15) is 11.2 Å². The molecule has 1 saturated heterocycles. The second-order valence-electron chi connectivity index (χ2n) is 9.86. The molecular weight excluding hydrogens is 328 g/mol. The first kappa shape index (κ1) is 16.9. The Morgan fingerprint density at radius 1 is 1.31 bits per heavy atom. The summed E-state index contributed by atoms with van der Waals surface area (Å²) >= 11 is 0. The highest BCUT2D eigenvalue weighted by Gasteiger charge is 2.81. The number of Topliss-reactive ketones (excluding diaryl/α,β-unsaturated/α-hetero) is 1. The Bertz CT molecular complexity index is 796. The van der Waals surface area contributed by atoms with Crippen LogP contribution < -0.4 is 0 Å². The summed E-state index contributed by atoms with van der Waals surface area (Å²) in [7, 11) is 0. The lowest BCUT2D eigenvalue weighted by atomic mass is 9.45. The number of aliphatic hydroxyl groups is 1. The van der Waals surface area contributed by atoms with Crippen LogP contribution in [0.15, 0.2) is 23.8 Å². The van der Waals surface area contributed by atoms with Crippen LogP contribution in [0.2, 0.25) is 0 Å². The minimum Gasteiger partial charge on any atom is -0.382 e. The van der Waals surface area contributed by atoms with Crippen LogP contribution in [-0.2, 0) is 14.3 Å². The molecule has 4 nitrogen and oxygen atoms in total. The lowest BCUT2D eigenvalue weighted by molar-refractivity contribution is -0.155. The van der Waals surface area contributed by atoms with Crippen molar-refractivity contribution in [1.82, 2.24) is 0 Å². The van der Waals surface area contributed by atoms with Crippen LogP contribution in [0.1, 0.15) is 53.4 Å². The molecule has 0 radical (unpaired) electrons. The molecule has 4 unspecified atom stereocenters. The molecule has 0 aromatic carbocycles. The number of ketones is 2. The van der Waals surface area contributed by atoms with Crippen molar-refractivity contribution in [3.63, 3.8) is 0 Å². The van der Waals surface area contributed by atoms with Crippen molar-refractivity contribution in [2.24, 2.45) is 28.6 Å². The van der Waals surface area contributed by atoms with Crippen molar-refractivity contribution in [2.75, 3.05) is 0 Å². The lowest BCUT2D eigenvalue weighted by Crippen LogP contribution is -2.61. The maximum atomic E-state index is 12.3. The van der Waals surface area contributed by atoms with E-state index >= 15 is 0 Å². The molecule has 1 aliphatic heterocycles. The molecule has 4 fully saturated rings. The van der Waals surface area contributed by atoms with Gasteiger partial charge in [-0.05, 0) is 69.4 Å². The normalized spacial score (nSPS) is 56.8. The number of carbonyl (C=O) groups is 2. The molecule has 1 spiro atoms. The summed E-state index contributed by atoms with van der Waals surface area (Å²) in [5.41, 5.74) is -0.971. The van der Waals surface area contributed by atoms with Gasteiger partial charge in [-0.1, -0.05) is 25.5 Å². The zero-order chi connectivity index (χ0) is 18.7. The van der Waals surface area contributed by atoms with Crippen LogP contribution >= 0.6 is 0 Å². The van der Waals surface area contributed by atoms with Crippen LogP contribution in [0.25, 0.3) is 0 Å². The molecule has 5 rings (SSSR count). The van der Waals surface area contributed by atoms with Gasteiger partial charge in [-0.25, -0.2) is 0 Å². The van der Waals surface area contributed by atoms with E-state index in [1.165, 1.54) is 12.5 Å². The van der Waals surface area contributed by atoms with Gasteiger partial charge in [0.05, 0.1) is 6.10 Å². The quantitative estimate of drug-likeness (QED) is 0.734. The molecule has 0 bridgehead atoms. The Hall–Kier alpha value is -1.26. The number of rotatable bonds is 1. The van der Waals surface area contributed by atoms with Crippen molar-refractivity contribution in [3.8, 4) is 0 Å². The second kappa shape index (κ2) is 4.59. The summed E-state index contributed by atoms with van der Waals surface area (Å²) in [6.45, 7) is 8.07. The Balaban J connectivity index is 1.63. The third kappa shape index (κ3) is 1.57. The summed E-state index contributed by atoms with van der Waals surface area (Å²) < 4.78 is 6.47. The highest BCUT2D eigenvalue weighted by molar-refractivity contribution is 6.01. The molecule has 4 heteroatoms. The zero-order valence-electron chi connectivity index (χ0n) is 16.0. The maximum absolute atomic E-state index is 12.3. The number of ether oxygens (including phenoxy) is 1. The lowest BCUT2D eigenvalue weighted by Gasteiger charge is -2.57. The van der Waals surface area contributed by atoms with Gasteiger partial charge in [0.2, 0.25) is 0 Å². The van der Waals surface area contributed by atoms with Crippen molar-refractivity contribution >= 4 is 11.6 Å².